The van der Waals surface area contributed by atoms with Gasteiger partial charge < -0.3 is 14.9 Å². The highest BCUT2D eigenvalue weighted by atomic mass is 16.5. The summed E-state index contributed by atoms with van der Waals surface area (Å²) in [5.41, 5.74) is 1.13. The van der Waals surface area contributed by atoms with Gasteiger partial charge in [0.15, 0.2) is 5.60 Å². The fourth-order valence-corrected chi connectivity index (χ4v) is 7.11. The van der Waals surface area contributed by atoms with Crippen LogP contribution in [0.3, 0.4) is 0 Å². The highest BCUT2D eigenvalue weighted by Crippen LogP contribution is 2.64. The van der Waals surface area contributed by atoms with Gasteiger partial charge in [-0.15, -0.1) is 6.42 Å². The van der Waals surface area contributed by atoms with Gasteiger partial charge in [0.2, 0.25) is 0 Å². The van der Waals surface area contributed by atoms with Crippen molar-refractivity contribution in [3.05, 3.63) is 29.3 Å². The molecule has 0 aliphatic heterocycles. The average Bonchev–Trinajstić information content (AvgIpc) is 3.27. The molecule has 2 N–H and O–H groups in total. The first-order valence-corrected chi connectivity index (χ1v) is 11.1. The van der Waals surface area contributed by atoms with Gasteiger partial charge >= 0.3 is 0 Å². The van der Waals surface area contributed by atoms with Crippen LogP contribution >= 0.6 is 0 Å². The summed E-state index contributed by atoms with van der Waals surface area (Å²) < 4.78 is 6.23. The molecule has 0 spiro atoms. The lowest BCUT2D eigenvalue weighted by atomic mass is 9.53. The zero-order chi connectivity index (χ0) is 19.5. The predicted octanol–water partition coefficient (Wildman–Crippen LogP) is 4.20. The Bertz CT molecular complexity index is 805. The second-order valence-corrected chi connectivity index (χ2v) is 9.92. The molecule has 3 saturated carbocycles. The molecular weight excluding hydrogens is 348 g/mol. The zero-order valence-corrected chi connectivity index (χ0v) is 16.9. The van der Waals surface area contributed by atoms with Crippen LogP contribution in [0.2, 0.25) is 0 Å². The summed E-state index contributed by atoms with van der Waals surface area (Å²) in [4.78, 5) is 0. The Morgan fingerprint density at radius 1 is 1.18 bits per heavy atom. The van der Waals surface area contributed by atoms with Crippen molar-refractivity contribution in [2.75, 3.05) is 0 Å². The number of hydrogen-bond acceptors (Lipinski definition) is 3. The Balaban J connectivity index is 1.41. The number of fused-ring (bicyclic) bond motifs is 5. The molecule has 0 amide bonds. The van der Waals surface area contributed by atoms with Gasteiger partial charge in [0.1, 0.15) is 5.75 Å². The third-order valence-electron chi connectivity index (χ3n) is 8.74. The topological polar surface area (TPSA) is 49.7 Å². The summed E-state index contributed by atoms with van der Waals surface area (Å²) >= 11 is 0. The first-order chi connectivity index (χ1) is 13.5. The van der Waals surface area contributed by atoms with Crippen LogP contribution in [0.5, 0.6) is 5.75 Å². The van der Waals surface area contributed by atoms with Crippen molar-refractivity contribution in [3.8, 4) is 18.1 Å². The van der Waals surface area contributed by atoms with Gasteiger partial charge in [-0.25, -0.2) is 0 Å². The quantitative estimate of drug-likeness (QED) is 0.756. The summed E-state index contributed by atoms with van der Waals surface area (Å²) in [6.45, 7) is 2.11. The third-order valence-corrected chi connectivity index (χ3v) is 8.74. The van der Waals surface area contributed by atoms with E-state index in [4.69, 9.17) is 11.2 Å². The van der Waals surface area contributed by atoms with E-state index in [1.807, 2.05) is 0 Å². The second kappa shape index (κ2) is 6.51. The van der Waals surface area contributed by atoms with Crippen LogP contribution in [0.4, 0.5) is 0 Å². The maximum absolute atomic E-state index is 11.1. The highest BCUT2D eigenvalue weighted by Gasteiger charge is 2.65. The molecule has 150 valence electrons. The van der Waals surface area contributed by atoms with Gasteiger partial charge in [-0.05, 0) is 98.8 Å². The van der Waals surface area contributed by atoms with Gasteiger partial charge in [-0.1, -0.05) is 18.9 Å². The molecule has 0 saturated heterocycles. The molecule has 3 heteroatoms. The molecule has 3 nitrogen and oxygen atoms in total. The number of benzene rings is 1. The standard InChI is InChI=1S/C25H32O3/c1-3-25(27)23(26)15-22-21-10-8-16-14-18(28-17-6-4-5-7-17)9-11-19(16)20(21)12-13-24(22,25)2/h1,9,11,14,17,20-23,26-27H,4-8,10,12-13,15H2,2H3/t20-,21-,22+,23-,24+,25-/m1/s1. The van der Waals surface area contributed by atoms with E-state index in [1.165, 1.54) is 36.8 Å². The van der Waals surface area contributed by atoms with E-state index in [9.17, 15) is 10.2 Å². The molecule has 0 bridgehead atoms. The SMILES string of the molecule is C#C[C@@]1(O)[C@H](O)C[C@H]2[C@@H]3CCc4cc(OC5CCCC5)ccc4[C@H]3CC[C@@]21C. The molecule has 0 aromatic heterocycles. The van der Waals surface area contributed by atoms with Crippen molar-refractivity contribution >= 4 is 0 Å². The lowest BCUT2D eigenvalue weighted by Crippen LogP contribution is -2.53. The van der Waals surface area contributed by atoms with Gasteiger partial charge in [0.25, 0.3) is 0 Å². The number of ether oxygens (including phenoxy) is 1. The highest BCUT2D eigenvalue weighted by molar-refractivity contribution is 5.41. The summed E-state index contributed by atoms with van der Waals surface area (Å²) in [5.74, 6) is 4.89. The molecule has 1 aromatic carbocycles. The number of hydrogen-bond donors (Lipinski definition) is 2. The summed E-state index contributed by atoms with van der Waals surface area (Å²) in [5, 5.41) is 21.7. The minimum atomic E-state index is -1.39. The molecule has 0 radical (unpaired) electrons. The summed E-state index contributed by atoms with van der Waals surface area (Å²) in [6, 6.07) is 6.73. The molecule has 28 heavy (non-hydrogen) atoms. The molecule has 3 fully saturated rings. The second-order valence-electron chi connectivity index (χ2n) is 9.92. The maximum atomic E-state index is 11.1. The van der Waals surface area contributed by atoms with Crippen LogP contribution in [0.25, 0.3) is 0 Å². The molecular formula is C25H32O3. The maximum Gasteiger partial charge on any atom is 0.156 e. The van der Waals surface area contributed by atoms with Gasteiger partial charge in [-0.3, -0.25) is 0 Å². The van der Waals surface area contributed by atoms with Crippen molar-refractivity contribution in [2.24, 2.45) is 17.3 Å². The Labute approximate surface area is 168 Å². The van der Waals surface area contributed by atoms with Crippen molar-refractivity contribution in [2.45, 2.75) is 88.4 Å². The van der Waals surface area contributed by atoms with Crippen LogP contribution < -0.4 is 4.74 Å². The normalized spacial score (nSPS) is 42.4. The third kappa shape index (κ3) is 2.50. The van der Waals surface area contributed by atoms with Crippen LogP contribution in [-0.4, -0.2) is 28.0 Å². The smallest absolute Gasteiger partial charge is 0.156 e. The first-order valence-electron chi connectivity index (χ1n) is 11.1. The molecule has 1 aromatic rings. The number of terminal acetylenes is 1. The van der Waals surface area contributed by atoms with Crippen LogP contribution in [-0.2, 0) is 6.42 Å². The minimum Gasteiger partial charge on any atom is -0.490 e. The van der Waals surface area contributed by atoms with Crippen molar-refractivity contribution in [1.29, 1.82) is 0 Å². The number of aliphatic hydroxyl groups excluding tert-OH is 1. The Kier molecular flexibility index (Phi) is 4.30. The Morgan fingerprint density at radius 3 is 2.71 bits per heavy atom. The van der Waals surface area contributed by atoms with E-state index < -0.39 is 11.7 Å². The molecule has 0 unspecified atom stereocenters. The fourth-order valence-electron chi connectivity index (χ4n) is 7.11. The van der Waals surface area contributed by atoms with Gasteiger partial charge in [0.05, 0.1) is 12.2 Å². The molecule has 4 aliphatic carbocycles. The summed E-state index contributed by atoms with van der Waals surface area (Å²) in [7, 11) is 0. The Hall–Kier alpha value is -1.50. The number of rotatable bonds is 2. The molecule has 4 aliphatic rings. The summed E-state index contributed by atoms with van der Waals surface area (Å²) in [6.07, 6.45) is 14.9. The van der Waals surface area contributed by atoms with Gasteiger partial charge in [-0.2, -0.15) is 0 Å². The largest absolute Gasteiger partial charge is 0.490 e. The first kappa shape index (κ1) is 18.5. The predicted molar refractivity (Wildman–Crippen MR) is 109 cm³/mol. The fraction of sp³-hybridized carbons (Fsp3) is 0.680. The van der Waals surface area contributed by atoms with E-state index in [1.54, 1.807) is 0 Å². The minimum absolute atomic E-state index is 0.282. The van der Waals surface area contributed by atoms with Crippen LogP contribution in [0, 0.1) is 29.6 Å². The van der Waals surface area contributed by atoms with Crippen LogP contribution in [0.15, 0.2) is 18.2 Å². The number of aryl methyl sites for hydroxylation is 1. The average molecular weight is 381 g/mol. The van der Waals surface area contributed by atoms with E-state index in [-0.39, 0.29) is 11.3 Å². The Morgan fingerprint density at radius 2 is 1.96 bits per heavy atom. The van der Waals surface area contributed by atoms with Gasteiger partial charge in [0, 0.05) is 5.41 Å². The van der Waals surface area contributed by atoms with Crippen molar-refractivity contribution in [1.82, 2.24) is 0 Å². The van der Waals surface area contributed by atoms with E-state index >= 15 is 0 Å². The molecule has 5 rings (SSSR count). The molecule has 0 heterocycles. The zero-order valence-electron chi connectivity index (χ0n) is 16.9. The molecule has 6 atom stereocenters. The van der Waals surface area contributed by atoms with E-state index in [0.29, 0.717) is 24.4 Å². The number of aliphatic hydroxyl groups is 2. The monoisotopic (exact) mass is 380 g/mol. The van der Waals surface area contributed by atoms with Crippen molar-refractivity contribution < 1.29 is 14.9 Å². The van der Waals surface area contributed by atoms with E-state index in [0.717, 1.165) is 31.4 Å². The van der Waals surface area contributed by atoms with Crippen molar-refractivity contribution in [3.63, 3.8) is 0 Å². The lowest BCUT2D eigenvalue weighted by molar-refractivity contribution is -0.101. The van der Waals surface area contributed by atoms with E-state index in [2.05, 4.69) is 31.0 Å². The van der Waals surface area contributed by atoms with Crippen LogP contribution in [0.1, 0.15) is 75.3 Å². The lowest BCUT2D eigenvalue weighted by Gasteiger charge is -2.52.